The van der Waals surface area contributed by atoms with Crippen molar-refractivity contribution in [2.75, 3.05) is 0 Å². The highest BCUT2D eigenvalue weighted by Crippen LogP contribution is 1.92. The van der Waals surface area contributed by atoms with Crippen LogP contribution in [0, 0.1) is 5.92 Å². The SMILES string of the molecule is C[C](C)C.N.N.O=S(=O)(O)OOS(=O)(=O)O. The zero-order valence-corrected chi connectivity index (χ0v) is 10.7. The van der Waals surface area contributed by atoms with Gasteiger partial charge in [0.25, 0.3) is 0 Å². The molecule has 12 heteroatoms. The van der Waals surface area contributed by atoms with E-state index in [1.165, 1.54) is 5.92 Å². The molecule has 0 aromatic rings. The van der Waals surface area contributed by atoms with E-state index < -0.39 is 20.8 Å². The summed E-state index contributed by atoms with van der Waals surface area (Å²) in [6, 6.07) is 0. The summed E-state index contributed by atoms with van der Waals surface area (Å²) >= 11 is 0. The molecule has 10 nitrogen and oxygen atoms in total. The molecule has 0 heterocycles. The minimum atomic E-state index is -5.02. The van der Waals surface area contributed by atoms with Crippen LogP contribution in [0.1, 0.15) is 20.8 Å². The Hall–Kier alpha value is -0.340. The second-order valence-electron chi connectivity index (χ2n) is 2.49. The molecule has 0 aromatic carbocycles. The normalized spacial score (nSPS) is 10.6. The van der Waals surface area contributed by atoms with Crippen LogP contribution >= 0.6 is 0 Å². The van der Waals surface area contributed by atoms with E-state index in [0.29, 0.717) is 0 Å². The summed E-state index contributed by atoms with van der Waals surface area (Å²) in [5.41, 5.74) is 0. The lowest BCUT2D eigenvalue weighted by molar-refractivity contribution is -0.105. The van der Waals surface area contributed by atoms with E-state index in [1.54, 1.807) is 0 Å². The van der Waals surface area contributed by atoms with E-state index in [-0.39, 0.29) is 12.3 Å². The van der Waals surface area contributed by atoms with Crippen LogP contribution in [0.3, 0.4) is 0 Å². The average molecular weight is 285 g/mol. The largest absolute Gasteiger partial charge is 0.425 e. The molecule has 8 N–H and O–H groups in total. The maximum absolute atomic E-state index is 9.51. The molecule has 0 aromatic heterocycles. The van der Waals surface area contributed by atoms with Crippen molar-refractivity contribution >= 4 is 20.8 Å². The van der Waals surface area contributed by atoms with Crippen LogP contribution in [0.15, 0.2) is 0 Å². The van der Waals surface area contributed by atoms with Crippen molar-refractivity contribution in [1.29, 1.82) is 0 Å². The van der Waals surface area contributed by atoms with Gasteiger partial charge in [-0.1, -0.05) is 29.4 Å². The van der Waals surface area contributed by atoms with Crippen LogP contribution in [0.5, 0.6) is 0 Å². The summed E-state index contributed by atoms with van der Waals surface area (Å²) in [4.78, 5) is 0. The molecule has 0 rings (SSSR count). The van der Waals surface area contributed by atoms with E-state index in [0.717, 1.165) is 0 Å². The van der Waals surface area contributed by atoms with Gasteiger partial charge in [0.1, 0.15) is 0 Å². The third-order valence-corrected chi connectivity index (χ3v) is 0.766. The van der Waals surface area contributed by atoms with Crippen LogP contribution in [0.25, 0.3) is 0 Å². The molecule has 0 fully saturated rings. The molecule has 1 radical (unpaired) electrons. The predicted octanol–water partition coefficient (Wildman–Crippen LogP) is 0.485. The van der Waals surface area contributed by atoms with Crippen LogP contribution in [-0.2, 0) is 29.5 Å². The van der Waals surface area contributed by atoms with Gasteiger partial charge in [-0.3, -0.25) is 9.11 Å². The molecule has 0 atom stereocenters. The molecule has 0 aliphatic carbocycles. The average Bonchev–Trinajstić information content (AvgIpc) is 1.79. The Morgan fingerprint density at radius 1 is 0.812 bits per heavy atom. The minimum Gasteiger partial charge on any atom is -0.344 e. The monoisotopic (exact) mass is 285 g/mol. The fourth-order valence-electron chi connectivity index (χ4n) is 0.0702. The highest BCUT2D eigenvalue weighted by molar-refractivity contribution is 7.83. The van der Waals surface area contributed by atoms with Crippen molar-refractivity contribution in [3.63, 3.8) is 0 Å². The zero-order valence-electron chi connectivity index (χ0n) is 9.07. The van der Waals surface area contributed by atoms with Crippen molar-refractivity contribution in [3.8, 4) is 0 Å². The Kier molecular flexibility index (Phi) is 15.2. The van der Waals surface area contributed by atoms with Gasteiger partial charge >= 0.3 is 20.8 Å². The lowest BCUT2D eigenvalue weighted by Gasteiger charge is -1.92. The van der Waals surface area contributed by atoms with E-state index in [2.05, 4.69) is 29.4 Å². The predicted molar refractivity (Wildman–Crippen MR) is 55.6 cm³/mol. The van der Waals surface area contributed by atoms with E-state index >= 15 is 0 Å². The molecule has 103 valence electrons. The van der Waals surface area contributed by atoms with Gasteiger partial charge in [0, 0.05) is 0 Å². The van der Waals surface area contributed by atoms with Gasteiger partial charge in [-0.15, -0.1) is 0 Å². The molecule has 0 aliphatic heterocycles. The fourth-order valence-corrected chi connectivity index (χ4v) is 0.632. The van der Waals surface area contributed by atoms with Crippen molar-refractivity contribution in [2.24, 2.45) is 0 Å². The van der Waals surface area contributed by atoms with Crippen molar-refractivity contribution in [3.05, 3.63) is 5.92 Å². The third-order valence-electron chi connectivity index (χ3n) is 0.200. The smallest absolute Gasteiger partial charge is 0.344 e. The van der Waals surface area contributed by atoms with Crippen LogP contribution in [-0.4, -0.2) is 25.9 Å². The van der Waals surface area contributed by atoms with Crippen LogP contribution < -0.4 is 12.3 Å². The Labute approximate surface area is 94.9 Å². The number of rotatable bonds is 3. The van der Waals surface area contributed by atoms with Gasteiger partial charge in [-0.25, -0.2) is 0 Å². The quantitative estimate of drug-likeness (QED) is 0.321. The summed E-state index contributed by atoms with van der Waals surface area (Å²) in [6.07, 6.45) is 0. The molecular formula is C4H17N2O8S2. The Morgan fingerprint density at radius 3 is 1.00 bits per heavy atom. The first kappa shape index (κ1) is 24.8. The Bertz CT molecular complexity index is 298. The molecule has 0 aliphatic rings. The van der Waals surface area contributed by atoms with Crippen LogP contribution in [0.2, 0.25) is 0 Å². The first-order chi connectivity index (χ1) is 5.94. The summed E-state index contributed by atoms with van der Waals surface area (Å²) in [7, 11) is -10.0. The standard InChI is InChI=1S/C4H9.2H3N.H2O8S2/c1-4(2)3;;;1-9(2,3)7-8-10(4,5)6/h1-3H3;2*1H3;(H,1,2,3)(H,4,5,6). The molecule has 0 bridgehead atoms. The third kappa shape index (κ3) is 49.4. The summed E-state index contributed by atoms with van der Waals surface area (Å²) < 4.78 is 58.9. The molecule has 0 saturated carbocycles. The molecule has 16 heavy (non-hydrogen) atoms. The summed E-state index contributed by atoms with van der Waals surface area (Å²) in [6.45, 7) is 6.25. The van der Waals surface area contributed by atoms with Gasteiger partial charge in [-0.2, -0.15) is 16.8 Å². The topological polar surface area (TPSA) is 197 Å². The highest BCUT2D eigenvalue weighted by atomic mass is 32.3. The van der Waals surface area contributed by atoms with Gasteiger partial charge in [0.05, 0.1) is 0 Å². The number of hydrogen-bond donors (Lipinski definition) is 4. The Morgan fingerprint density at radius 2 is 0.938 bits per heavy atom. The summed E-state index contributed by atoms with van der Waals surface area (Å²) in [5.74, 6) is 1.42. The first-order valence-electron chi connectivity index (χ1n) is 3.03. The van der Waals surface area contributed by atoms with Gasteiger partial charge in [-0.05, 0) is 5.92 Å². The number of hydrogen-bond acceptors (Lipinski definition) is 8. The minimum absolute atomic E-state index is 0. The fraction of sp³-hybridized carbons (Fsp3) is 0.750. The first-order valence-corrected chi connectivity index (χ1v) is 5.76. The van der Waals surface area contributed by atoms with Gasteiger partial charge < -0.3 is 12.3 Å². The highest BCUT2D eigenvalue weighted by Gasteiger charge is 2.13. The second kappa shape index (κ2) is 9.86. The molecule has 0 spiro atoms. The van der Waals surface area contributed by atoms with Gasteiger partial charge in [0.15, 0.2) is 0 Å². The maximum atomic E-state index is 9.51. The zero-order chi connectivity index (χ0) is 12.0. The second-order valence-corrected chi connectivity index (χ2v) is 4.47. The maximum Gasteiger partial charge on any atom is 0.425 e. The molecule has 0 saturated heterocycles. The van der Waals surface area contributed by atoms with E-state index in [1.807, 2.05) is 0 Å². The molecular weight excluding hydrogens is 268 g/mol. The van der Waals surface area contributed by atoms with Crippen LogP contribution in [0.4, 0.5) is 0 Å². The van der Waals surface area contributed by atoms with Crippen molar-refractivity contribution in [1.82, 2.24) is 12.3 Å². The van der Waals surface area contributed by atoms with E-state index in [9.17, 15) is 16.8 Å². The summed E-state index contributed by atoms with van der Waals surface area (Å²) in [5, 5.41) is 0. The molecule has 0 unspecified atom stereocenters. The Balaban J connectivity index is -0.000000105. The van der Waals surface area contributed by atoms with Crippen molar-refractivity contribution in [2.45, 2.75) is 20.8 Å². The lowest BCUT2D eigenvalue weighted by Crippen LogP contribution is -2.10. The lowest BCUT2D eigenvalue weighted by atomic mass is 10.3. The van der Waals surface area contributed by atoms with Crippen molar-refractivity contribution < 1.29 is 34.6 Å². The van der Waals surface area contributed by atoms with E-state index in [4.69, 9.17) is 9.11 Å². The van der Waals surface area contributed by atoms with Gasteiger partial charge in [0.2, 0.25) is 0 Å². The molecule has 0 amide bonds.